The van der Waals surface area contributed by atoms with Crippen LogP contribution in [0.5, 0.6) is 0 Å². The van der Waals surface area contributed by atoms with Gasteiger partial charge in [0.05, 0.1) is 11.2 Å². The zero-order chi connectivity index (χ0) is 14.0. The molecule has 0 saturated carbocycles. The van der Waals surface area contributed by atoms with E-state index in [1.807, 2.05) is 10.7 Å². The molecular weight excluding hydrogens is 258 g/mol. The van der Waals surface area contributed by atoms with Gasteiger partial charge in [-0.25, -0.2) is 9.50 Å². The van der Waals surface area contributed by atoms with E-state index in [1.54, 1.807) is 18.0 Å². The highest BCUT2D eigenvalue weighted by atomic mass is 32.2. The molecule has 0 aliphatic heterocycles. The van der Waals surface area contributed by atoms with Gasteiger partial charge < -0.3 is 5.11 Å². The zero-order valence-corrected chi connectivity index (χ0v) is 12.7. The minimum atomic E-state index is 0.0324. The van der Waals surface area contributed by atoms with Crippen molar-refractivity contribution >= 4 is 17.3 Å². The minimum absolute atomic E-state index is 0.0324. The Hall–Kier alpha value is -1.07. The second-order valence-corrected chi connectivity index (χ2v) is 7.21. The van der Waals surface area contributed by atoms with Gasteiger partial charge in [0.1, 0.15) is 5.03 Å². The Kier molecular flexibility index (Phi) is 4.16. The van der Waals surface area contributed by atoms with Crippen LogP contribution in [0.4, 0.5) is 0 Å². The molecule has 4 nitrogen and oxygen atoms in total. The number of hydrogen-bond acceptors (Lipinski definition) is 4. The number of thioether (sulfide) groups is 1. The number of fused-ring (bicyclic) bond motifs is 1. The molecule has 2 heterocycles. The number of rotatable bonds is 4. The molecule has 0 amide bonds. The Bertz CT molecular complexity index is 559. The summed E-state index contributed by atoms with van der Waals surface area (Å²) in [6.07, 6.45) is 4.43. The second kappa shape index (κ2) is 5.51. The molecule has 2 aromatic rings. The highest BCUT2D eigenvalue weighted by molar-refractivity contribution is 8.00. The SMILES string of the molecule is CC(CCO)Sc1nccn2nc(C(C)(C)C)cc12. The fraction of sp³-hybridized carbons (Fsp3) is 0.571. The topological polar surface area (TPSA) is 50.4 Å². The molecule has 1 atom stereocenters. The van der Waals surface area contributed by atoms with Crippen LogP contribution in [0.3, 0.4) is 0 Å². The van der Waals surface area contributed by atoms with E-state index in [1.165, 1.54) is 0 Å². The van der Waals surface area contributed by atoms with Crippen LogP contribution in [0.15, 0.2) is 23.5 Å². The first kappa shape index (κ1) is 14.3. The van der Waals surface area contributed by atoms with E-state index in [4.69, 9.17) is 5.11 Å². The Morgan fingerprint density at radius 2 is 2.16 bits per heavy atom. The molecule has 0 aliphatic rings. The number of nitrogens with zero attached hydrogens (tertiary/aromatic N) is 3. The fourth-order valence-electron chi connectivity index (χ4n) is 1.79. The molecule has 0 fully saturated rings. The summed E-state index contributed by atoms with van der Waals surface area (Å²) in [5.74, 6) is 0. The molecule has 104 valence electrons. The van der Waals surface area contributed by atoms with Crippen LogP contribution < -0.4 is 0 Å². The van der Waals surface area contributed by atoms with Crippen LogP contribution in [0.2, 0.25) is 0 Å². The largest absolute Gasteiger partial charge is 0.396 e. The van der Waals surface area contributed by atoms with E-state index in [0.717, 1.165) is 22.7 Å². The van der Waals surface area contributed by atoms with Crippen LogP contribution >= 0.6 is 11.8 Å². The van der Waals surface area contributed by atoms with E-state index in [-0.39, 0.29) is 12.0 Å². The Balaban J connectivity index is 2.37. The van der Waals surface area contributed by atoms with Crippen LogP contribution in [-0.2, 0) is 5.41 Å². The predicted molar refractivity (Wildman–Crippen MR) is 78.7 cm³/mol. The number of hydrogen-bond donors (Lipinski definition) is 1. The zero-order valence-electron chi connectivity index (χ0n) is 11.9. The van der Waals surface area contributed by atoms with Gasteiger partial charge in [-0.15, -0.1) is 11.8 Å². The van der Waals surface area contributed by atoms with Crippen molar-refractivity contribution in [3.8, 4) is 0 Å². The molecule has 0 aliphatic carbocycles. The van der Waals surface area contributed by atoms with Crippen LogP contribution in [0.25, 0.3) is 5.52 Å². The van der Waals surface area contributed by atoms with Gasteiger partial charge in [0.25, 0.3) is 0 Å². The highest BCUT2D eigenvalue weighted by Crippen LogP contribution is 2.29. The van der Waals surface area contributed by atoms with Gasteiger partial charge in [-0.2, -0.15) is 5.10 Å². The molecule has 1 N–H and O–H groups in total. The third-order valence-corrected chi connectivity index (χ3v) is 4.15. The van der Waals surface area contributed by atoms with Gasteiger partial charge in [0, 0.05) is 29.7 Å². The average Bonchev–Trinajstić information content (AvgIpc) is 2.74. The first-order valence-corrected chi connectivity index (χ1v) is 7.42. The summed E-state index contributed by atoms with van der Waals surface area (Å²) in [4.78, 5) is 4.44. The van der Waals surface area contributed by atoms with Crippen molar-refractivity contribution in [2.45, 2.75) is 49.8 Å². The summed E-state index contributed by atoms with van der Waals surface area (Å²) >= 11 is 1.69. The van der Waals surface area contributed by atoms with Crippen LogP contribution in [0, 0.1) is 0 Å². The average molecular weight is 279 g/mol. The van der Waals surface area contributed by atoms with E-state index < -0.39 is 0 Å². The van der Waals surface area contributed by atoms with E-state index in [0.29, 0.717) is 5.25 Å². The van der Waals surface area contributed by atoms with Gasteiger partial charge in [-0.1, -0.05) is 27.7 Å². The van der Waals surface area contributed by atoms with Gasteiger partial charge in [0.15, 0.2) is 0 Å². The monoisotopic (exact) mass is 279 g/mol. The van der Waals surface area contributed by atoms with Crippen molar-refractivity contribution < 1.29 is 5.11 Å². The van der Waals surface area contributed by atoms with Gasteiger partial charge in [-0.05, 0) is 12.5 Å². The molecule has 19 heavy (non-hydrogen) atoms. The summed E-state index contributed by atoms with van der Waals surface area (Å²) in [7, 11) is 0. The van der Waals surface area contributed by atoms with Crippen molar-refractivity contribution in [3.05, 3.63) is 24.2 Å². The minimum Gasteiger partial charge on any atom is -0.396 e. The number of aliphatic hydroxyl groups excluding tert-OH is 1. The lowest BCUT2D eigenvalue weighted by Crippen LogP contribution is -2.11. The lowest BCUT2D eigenvalue weighted by atomic mass is 9.92. The third kappa shape index (κ3) is 3.28. The predicted octanol–water partition coefficient (Wildman–Crippen LogP) is 2.89. The fourth-order valence-corrected chi connectivity index (χ4v) is 2.79. The molecule has 0 radical (unpaired) electrons. The van der Waals surface area contributed by atoms with Gasteiger partial charge >= 0.3 is 0 Å². The number of aromatic nitrogens is 3. The molecule has 2 rings (SSSR count). The van der Waals surface area contributed by atoms with E-state index in [2.05, 4.69) is 43.8 Å². The number of aliphatic hydroxyl groups is 1. The molecular formula is C14H21N3OS. The van der Waals surface area contributed by atoms with Crippen molar-refractivity contribution in [1.82, 2.24) is 14.6 Å². The Morgan fingerprint density at radius 3 is 2.79 bits per heavy atom. The van der Waals surface area contributed by atoms with Gasteiger partial charge in [0.2, 0.25) is 0 Å². The molecule has 1 unspecified atom stereocenters. The summed E-state index contributed by atoms with van der Waals surface area (Å²) < 4.78 is 1.89. The molecule has 2 aromatic heterocycles. The molecule has 0 aromatic carbocycles. The van der Waals surface area contributed by atoms with Crippen LogP contribution in [0.1, 0.15) is 39.8 Å². The maximum atomic E-state index is 8.99. The van der Waals surface area contributed by atoms with Crippen molar-refractivity contribution in [2.24, 2.45) is 0 Å². The second-order valence-electron chi connectivity index (χ2n) is 5.78. The lowest BCUT2D eigenvalue weighted by Gasteiger charge is -2.13. The summed E-state index contributed by atoms with van der Waals surface area (Å²) in [5, 5.41) is 14.9. The van der Waals surface area contributed by atoms with Gasteiger partial charge in [-0.3, -0.25) is 0 Å². The van der Waals surface area contributed by atoms with E-state index >= 15 is 0 Å². The molecule has 0 bridgehead atoms. The Labute approximate surface area is 118 Å². The molecule has 0 spiro atoms. The smallest absolute Gasteiger partial charge is 0.122 e. The van der Waals surface area contributed by atoms with E-state index in [9.17, 15) is 0 Å². The Morgan fingerprint density at radius 1 is 1.42 bits per heavy atom. The standard InChI is InChI=1S/C14H21N3OS/c1-10(5-8-18)19-13-11-9-12(14(2,3)4)16-17(11)7-6-15-13/h6-7,9-10,18H,5,8H2,1-4H3. The van der Waals surface area contributed by atoms with Crippen LogP contribution in [-0.4, -0.2) is 31.6 Å². The third-order valence-electron chi connectivity index (χ3n) is 2.97. The summed E-state index contributed by atoms with van der Waals surface area (Å²) in [6, 6.07) is 2.11. The maximum absolute atomic E-state index is 8.99. The first-order chi connectivity index (χ1) is 8.91. The quantitative estimate of drug-likeness (QED) is 0.874. The summed E-state index contributed by atoms with van der Waals surface area (Å²) in [5.41, 5.74) is 2.14. The van der Waals surface area contributed by atoms with Crippen molar-refractivity contribution in [3.63, 3.8) is 0 Å². The highest BCUT2D eigenvalue weighted by Gasteiger charge is 2.19. The summed E-state index contributed by atoms with van der Waals surface area (Å²) in [6.45, 7) is 8.78. The molecule has 0 saturated heterocycles. The van der Waals surface area contributed by atoms with Crippen molar-refractivity contribution in [2.75, 3.05) is 6.61 Å². The lowest BCUT2D eigenvalue weighted by molar-refractivity contribution is 0.289. The van der Waals surface area contributed by atoms with Crippen molar-refractivity contribution in [1.29, 1.82) is 0 Å². The first-order valence-electron chi connectivity index (χ1n) is 6.54. The molecule has 5 heteroatoms. The normalized spacial score (nSPS) is 13.9. The maximum Gasteiger partial charge on any atom is 0.122 e.